The molecule has 3 fully saturated rings. The zero-order valence-corrected chi connectivity index (χ0v) is 20.7. The Bertz CT molecular complexity index is 1350. The SMILES string of the molecule is COC(=O)[C@@H]1C[C@H]1c1ccc(-c2cc3nc(C(=O)N4CCCCC[C@H]4C)cc(C4CC4)n3n2)c(F)c1. The molecule has 188 valence electrons. The van der Waals surface area contributed by atoms with Crippen molar-refractivity contribution in [1.29, 1.82) is 0 Å². The van der Waals surface area contributed by atoms with Crippen molar-refractivity contribution >= 4 is 17.5 Å². The van der Waals surface area contributed by atoms with E-state index in [9.17, 15) is 9.59 Å². The predicted molar refractivity (Wildman–Crippen MR) is 132 cm³/mol. The lowest BCUT2D eigenvalue weighted by Crippen LogP contribution is -2.38. The Morgan fingerprint density at radius 3 is 2.67 bits per heavy atom. The third kappa shape index (κ3) is 4.16. The summed E-state index contributed by atoms with van der Waals surface area (Å²) in [6, 6.07) is 8.93. The molecule has 2 aromatic heterocycles. The molecule has 0 radical (unpaired) electrons. The minimum Gasteiger partial charge on any atom is -0.469 e. The first-order chi connectivity index (χ1) is 17.4. The number of carbonyl (C=O) groups excluding carboxylic acids is 2. The second-order valence-corrected chi connectivity index (χ2v) is 10.5. The summed E-state index contributed by atoms with van der Waals surface area (Å²) in [6.45, 7) is 2.87. The van der Waals surface area contributed by atoms with Crippen LogP contribution in [0.4, 0.5) is 4.39 Å². The van der Waals surface area contributed by atoms with Gasteiger partial charge in [0.15, 0.2) is 5.65 Å². The highest BCUT2D eigenvalue weighted by Gasteiger charge is 2.45. The number of esters is 1. The fourth-order valence-corrected chi connectivity index (χ4v) is 5.58. The van der Waals surface area contributed by atoms with Crippen LogP contribution < -0.4 is 0 Å². The van der Waals surface area contributed by atoms with Crippen LogP contribution in [0, 0.1) is 11.7 Å². The number of hydrogen-bond acceptors (Lipinski definition) is 5. The fourth-order valence-electron chi connectivity index (χ4n) is 5.58. The molecule has 8 heteroatoms. The van der Waals surface area contributed by atoms with Crippen LogP contribution in [-0.2, 0) is 9.53 Å². The van der Waals surface area contributed by atoms with Gasteiger partial charge in [0.1, 0.15) is 11.5 Å². The largest absolute Gasteiger partial charge is 0.469 e. The Kier molecular flexibility index (Phi) is 5.77. The lowest BCUT2D eigenvalue weighted by molar-refractivity contribution is -0.142. The Labute approximate surface area is 209 Å². The van der Waals surface area contributed by atoms with Crippen LogP contribution in [0.25, 0.3) is 16.9 Å². The summed E-state index contributed by atoms with van der Waals surface area (Å²) in [5, 5.41) is 4.71. The topological polar surface area (TPSA) is 76.8 Å². The third-order valence-electron chi connectivity index (χ3n) is 7.97. The van der Waals surface area contributed by atoms with Crippen molar-refractivity contribution in [2.45, 2.75) is 69.7 Å². The molecule has 3 heterocycles. The van der Waals surface area contributed by atoms with Crippen molar-refractivity contribution in [2.75, 3.05) is 13.7 Å². The molecule has 0 spiro atoms. The molecule has 1 saturated heterocycles. The van der Waals surface area contributed by atoms with Crippen LogP contribution >= 0.6 is 0 Å². The fraction of sp³-hybridized carbons (Fsp3) is 0.500. The van der Waals surface area contributed by atoms with E-state index in [1.54, 1.807) is 16.6 Å². The molecule has 0 bridgehead atoms. The zero-order chi connectivity index (χ0) is 25.0. The van der Waals surface area contributed by atoms with E-state index in [0.29, 0.717) is 34.9 Å². The predicted octanol–water partition coefficient (Wildman–Crippen LogP) is 5.09. The Balaban J connectivity index is 1.33. The van der Waals surface area contributed by atoms with Gasteiger partial charge >= 0.3 is 5.97 Å². The Hall–Kier alpha value is -3.29. The maximum atomic E-state index is 15.2. The molecule has 2 aliphatic carbocycles. The molecule has 2 saturated carbocycles. The number of methoxy groups -OCH3 is 1. The first-order valence-electron chi connectivity index (χ1n) is 13.0. The van der Waals surface area contributed by atoms with Crippen molar-refractivity contribution in [3.8, 4) is 11.3 Å². The summed E-state index contributed by atoms with van der Waals surface area (Å²) in [6.07, 6.45) is 7.10. The number of ether oxygens (including phenoxy) is 1. The van der Waals surface area contributed by atoms with Gasteiger partial charge in [-0.3, -0.25) is 9.59 Å². The van der Waals surface area contributed by atoms with Crippen LogP contribution in [0.15, 0.2) is 30.3 Å². The third-order valence-corrected chi connectivity index (χ3v) is 7.97. The van der Waals surface area contributed by atoms with E-state index in [2.05, 4.69) is 6.92 Å². The minimum atomic E-state index is -0.380. The molecule has 0 unspecified atom stereocenters. The molecular weight excluding hydrogens is 459 g/mol. The van der Waals surface area contributed by atoms with Gasteiger partial charge in [0, 0.05) is 35.8 Å². The molecule has 1 aromatic carbocycles. The molecule has 7 nitrogen and oxygen atoms in total. The van der Waals surface area contributed by atoms with E-state index in [-0.39, 0.29) is 35.6 Å². The highest BCUT2D eigenvalue weighted by atomic mass is 19.1. The van der Waals surface area contributed by atoms with Crippen LogP contribution in [0.5, 0.6) is 0 Å². The van der Waals surface area contributed by atoms with Crippen LogP contribution in [0.2, 0.25) is 0 Å². The van der Waals surface area contributed by atoms with E-state index in [1.807, 2.05) is 17.0 Å². The molecule has 3 atom stereocenters. The number of amides is 1. The molecule has 1 aliphatic heterocycles. The van der Waals surface area contributed by atoms with Crippen LogP contribution in [-0.4, -0.2) is 51.1 Å². The first kappa shape index (κ1) is 23.1. The van der Waals surface area contributed by atoms with Crippen molar-refractivity contribution < 1.29 is 18.7 Å². The monoisotopic (exact) mass is 490 g/mol. The second-order valence-electron chi connectivity index (χ2n) is 10.5. The number of halogens is 1. The number of nitrogens with zero attached hydrogens (tertiary/aromatic N) is 4. The summed E-state index contributed by atoms with van der Waals surface area (Å²) >= 11 is 0. The van der Waals surface area contributed by atoms with Gasteiger partial charge in [-0.1, -0.05) is 18.9 Å². The standard InChI is InChI=1S/C28H31FN4O3/c1-16-6-4-3-5-11-32(16)27(34)24-14-25(17-7-8-17)33-26(30-24)15-23(31-33)19-10-9-18(12-22(19)29)20-13-21(20)28(35)36-2/h9-10,12,14-17,20-21H,3-8,11,13H2,1-2H3/t16-,20+,21-/m1/s1. The van der Waals surface area contributed by atoms with Gasteiger partial charge in [0.2, 0.25) is 0 Å². The van der Waals surface area contributed by atoms with Gasteiger partial charge in [0.25, 0.3) is 5.91 Å². The molecule has 36 heavy (non-hydrogen) atoms. The molecule has 3 aliphatic rings. The lowest BCUT2D eigenvalue weighted by Gasteiger charge is -2.27. The zero-order valence-electron chi connectivity index (χ0n) is 20.7. The second kappa shape index (κ2) is 8.98. The van der Waals surface area contributed by atoms with Crippen LogP contribution in [0.3, 0.4) is 0 Å². The molecule has 3 aromatic rings. The highest BCUT2D eigenvalue weighted by molar-refractivity contribution is 5.93. The Morgan fingerprint density at radius 1 is 1.08 bits per heavy atom. The van der Waals surface area contributed by atoms with E-state index in [0.717, 1.165) is 56.3 Å². The first-order valence-corrected chi connectivity index (χ1v) is 13.0. The van der Waals surface area contributed by atoms with Crippen molar-refractivity contribution in [1.82, 2.24) is 19.5 Å². The Morgan fingerprint density at radius 2 is 1.92 bits per heavy atom. The molecule has 6 rings (SSSR count). The van der Waals surface area contributed by atoms with Gasteiger partial charge < -0.3 is 9.64 Å². The maximum Gasteiger partial charge on any atom is 0.309 e. The summed E-state index contributed by atoms with van der Waals surface area (Å²) in [5.74, 6) is -0.508. The number of benzene rings is 1. The summed E-state index contributed by atoms with van der Waals surface area (Å²) in [5.41, 5.74) is 3.65. The van der Waals surface area contributed by atoms with Crippen LogP contribution in [0.1, 0.15) is 85.5 Å². The quantitative estimate of drug-likeness (QED) is 0.466. The summed E-state index contributed by atoms with van der Waals surface area (Å²) in [7, 11) is 1.38. The smallest absolute Gasteiger partial charge is 0.309 e. The summed E-state index contributed by atoms with van der Waals surface area (Å²) in [4.78, 5) is 31.9. The number of hydrogen-bond donors (Lipinski definition) is 0. The van der Waals surface area contributed by atoms with Gasteiger partial charge in [-0.05, 0) is 68.7 Å². The van der Waals surface area contributed by atoms with E-state index < -0.39 is 0 Å². The van der Waals surface area contributed by atoms with E-state index in [4.69, 9.17) is 14.8 Å². The number of aromatic nitrogens is 3. The average Bonchev–Trinajstić information content (AvgIpc) is 3.79. The van der Waals surface area contributed by atoms with Gasteiger partial charge in [-0.25, -0.2) is 13.9 Å². The maximum absolute atomic E-state index is 15.2. The highest BCUT2D eigenvalue weighted by Crippen LogP contribution is 2.48. The summed E-state index contributed by atoms with van der Waals surface area (Å²) < 4.78 is 21.8. The molecular formula is C28H31FN4O3. The van der Waals surface area contributed by atoms with Gasteiger partial charge in [-0.15, -0.1) is 0 Å². The molecule has 1 amide bonds. The van der Waals surface area contributed by atoms with Crippen molar-refractivity contribution in [2.24, 2.45) is 5.92 Å². The van der Waals surface area contributed by atoms with Gasteiger partial charge in [-0.2, -0.15) is 5.10 Å². The number of carbonyl (C=O) groups is 2. The molecule has 0 N–H and O–H groups in total. The minimum absolute atomic E-state index is 0.000143. The normalized spacial score (nSPS) is 24.0. The van der Waals surface area contributed by atoms with E-state index >= 15 is 4.39 Å². The average molecular weight is 491 g/mol. The van der Waals surface area contributed by atoms with Crippen molar-refractivity contribution in [3.05, 3.63) is 53.1 Å². The number of fused-ring (bicyclic) bond motifs is 1. The number of rotatable bonds is 5. The number of likely N-dealkylation sites (tertiary alicyclic amines) is 1. The van der Waals surface area contributed by atoms with Gasteiger partial charge in [0.05, 0.1) is 18.7 Å². The van der Waals surface area contributed by atoms with Crippen molar-refractivity contribution in [3.63, 3.8) is 0 Å². The lowest BCUT2D eigenvalue weighted by atomic mass is 10.0. The van der Waals surface area contributed by atoms with E-state index in [1.165, 1.54) is 13.2 Å².